The van der Waals surface area contributed by atoms with Gasteiger partial charge in [-0.2, -0.15) is 0 Å². The maximum absolute atomic E-state index is 13.3. The number of amides is 1. The van der Waals surface area contributed by atoms with Gasteiger partial charge >= 0.3 is 5.97 Å². The number of aryl methyl sites for hydroxylation is 1. The lowest BCUT2D eigenvalue weighted by Crippen LogP contribution is -2.52. The molecule has 1 amide bonds. The van der Waals surface area contributed by atoms with Crippen LogP contribution in [-0.4, -0.2) is 48.7 Å². The number of hydrogen-bond donors (Lipinski definition) is 1. The van der Waals surface area contributed by atoms with Gasteiger partial charge in [-0.05, 0) is 51.0 Å². The van der Waals surface area contributed by atoms with E-state index in [2.05, 4.69) is 0 Å². The second-order valence-electron chi connectivity index (χ2n) is 7.96. The molecule has 2 aliphatic rings. The monoisotopic (exact) mass is 359 g/mol. The normalized spacial score (nSPS) is 24.3. The third-order valence-corrected chi connectivity index (χ3v) is 6.09. The summed E-state index contributed by atoms with van der Waals surface area (Å²) in [6, 6.07) is 8.19. The molecular formula is C21H29NO4. The van der Waals surface area contributed by atoms with Gasteiger partial charge in [-0.3, -0.25) is 9.59 Å². The number of carbonyl (C=O) groups excluding carboxylic acids is 1. The molecule has 5 heteroatoms. The van der Waals surface area contributed by atoms with Crippen LogP contribution < -0.4 is 0 Å². The van der Waals surface area contributed by atoms with Gasteiger partial charge in [0.2, 0.25) is 5.91 Å². The molecule has 1 saturated carbocycles. The number of carbonyl (C=O) groups is 2. The molecule has 2 fully saturated rings. The summed E-state index contributed by atoms with van der Waals surface area (Å²) in [5, 5.41) is 9.87. The molecule has 5 nitrogen and oxygen atoms in total. The number of piperidine rings is 1. The van der Waals surface area contributed by atoms with E-state index in [0.29, 0.717) is 39.0 Å². The van der Waals surface area contributed by atoms with E-state index in [9.17, 15) is 14.7 Å². The van der Waals surface area contributed by atoms with E-state index >= 15 is 0 Å². The Labute approximate surface area is 155 Å². The average Bonchev–Trinajstić information content (AvgIpc) is 3.44. The predicted octanol–water partition coefficient (Wildman–Crippen LogP) is 3.15. The number of nitrogens with zero attached hydrogens (tertiary/aromatic N) is 1. The van der Waals surface area contributed by atoms with Gasteiger partial charge in [0, 0.05) is 26.8 Å². The van der Waals surface area contributed by atoms with Gasteiger partial charge < -0.3 is 14.7 Å². The van der Waals surface area contributed by atoms with Gasteiger partial charge in [0.25, 0.3) is 0 Å². The van der Waals surface area contributed by atoms with E-state index in [-0.39, 0.29) is 5.91 Å². The Morgan fingerprint density at radius 1 is 1.19 bits per heavy atom. The first-order valence-electron chi connectivity index (χ1n) is 9.52. The largest absolute Gasteiger partial charge is 0.481 e. The maximum atomic E-state index is 13.3. The van der Waals surface area contributed by atoms with Crippen LogP contribution in [0.3, 0.4) is 0 Å². The van der Waals surface area contributed by atoms with Crippen molar-refractivity contribution < 1.29 is 19.4 Å². The van der Waals surface area contributed by atoms with E-state index in [1.807, 2.05) is 36.1 Å². The van der Waals surface area contributed by atoms with Crippen molar-refractivity contribution in [3.63, 3.8) is 0 Å². The van der Waals surface area contributed by atoms with Gasteiger partial charge in [0.1, 0.15) is 0 Å². The highest BCUT2D eigenvalue weighted by atomic mass is 16.5. The van der Waals surface area contributed by atoms with E-state index in [4.69, 9.17) is 4.74 Å². The summed E-state index contributed by atoms with van der Waals surface area (Å²) in [5.41, 5.74) is 0.981. The Kier molecular flexibility index (Phi) is 5.37. The summed E-state index contributed by atoms with van der Waals surface area (Å²) >= 11 is 0. The fourth-order valence-corrected chi connectivity index (χ4v) is 4.27. The van der Waals surface area contributed by atoms with Crippen molar-refractivity contribution in [3.8, 4) is 0 Å². The van der Waals surface area contributed by atoms with Crippen molar-refractivity contribution in [2.75, 3.05) is 26.8 Å². The van der Waals surface area contributed by atoms with Crippen LogP contribution in [0.15, 0.2) is 24.3 Å². The summed E-state index contributed by atoms with van der Waals surface area (Å²) in [7, 11) is 1.63. The Bertz CT molecular complexity index is 665. The molecule has 1 aliphatic heterocycles. The molecule has 0 radical (unpaired) electrons. The van der Waals surface area contributed by atoms with Gasteiger partial charge in [0.15, 0.2) is 0 Å². The molecule has 1 N–H and O–H groups in total. The molecule has 0 aromatic heterocycles. The van der Waals surface area contributed by atoms with Gasteiger partial charge in [-0.1, -0.05) is 29.8 Å². The minimum absolute atomic E-state index is 0.110. The SMILES string of the molecule is COCCC[C@@]1(C(=O)O)CCCN(C(=O)C2(c3ccc(C)cc3)CC2)C1. The molecule has 0 bridgehead atoms. The quantitative estimate of drug-likeness (QED) is 0.760. The number of methoxy groups -OCH3 is 1. The second kappa shape index (κ2) is 7.39. The van der Waals surface area contributed by atoms with Crippen LogP contribution in [0, 0.1) is 12.3 Å². The molecule has 1 saturated heterocycles. The summed E-state index contributed by atoms with van der Waals surface area (Å²) in [6.45, 7) is 3.57. The van der Waals surface area contributed by atoms with Crippen LogP contribution >= 0.6 is 0 Å². The highest BCUT2D eigenvalue weighted by Crippen LogP contribution is 2.50. The zero-order valence-electron chi connectivity index (χ0n) is 15.8. The zero-order chi connectivity index (χ0) is 18.8. The Hall–Kier alpha value is -1.88. The van der Waals surface area contributed by atoms with Crippen LogP contribution in [0.5, 0.6) is 0 Å². The maximum Gasteiger partial charge on any atom is 0.311 e. The zero-order valence-corrected chi connectivity index (χ0v) is 15.8. The van der Waals surface area contributed by atoms with Crippen molar-refractivity contribution in [2.45, 2.75) is 50.9 Å². The Balaban J connectivity index is 1.77. The molecule has 0 spiro atoms. The molecule has 0 unspecified atom stereocenters. The molecular weight excluding hydrogens is 330 g/mol. The summed E-state index contributed by atoms with van der Waals surface area (Å²) in [6.07, 6.45) is 4.35. The third-order valence-electron chi connectivity index (χ3n) is 6.09. The summed E-state index contributed by atoms with van der Waals surface area (Å²) < 4.78 is 5.09. The lowest BCUT2D eigenvalue weighted by Gasteiger charge is -2.41. The molecule has 1 aromatic carbocycles. The summed E-state index contributed by atoms with van der Waals surface area (Å²) in [4.78, 5) is 27.2. The van der Waals surface area contributed by atoms with Gasteiger partial charge in [-0.15, -0.1) is 0 Å². The van der Waals surface area contributed by atoms with Gasteiger partial charge in [-0.25, -0.2) is 0 Å². The number of carboxylic acid groups (broad SMARTS) is 1. The van der Waals surface area contributed by atoms with E-state index < -0.39 is 16.8 Å². The number of likely N-dealkylation sites (tertiary alicyclic amines) is 1. The van der Waals surface area contributed by atoms with Crippen molar-refractivity contribution in [3.05, 3.63) is 35.4 Å². The topological polar surface area (TPSA) is 66.8 Å². The van der Waals surface area contributed by atoms with Gasteiger partial charge in [0.05, 0.1) is 10.8 Å². The third kappa shape index (κ3) is 3.50. The van der Waals surface area contributed by atoms with Crippen LogP contribution in [0.4, 0.5) is 0 Å². The molecule has 142 valence electrons. The Morgan fingerprint density at radius 3 is 2.46 bits per heavy atom. The first-order valence-corrected chi connectivity index (χ1v) is 9.52. The minimum atomic E-state index is -0.838. The molecule has 1 heterocycles. The van der Waals surface area contributed by atoms with E-state index in [0.717, 1.165) is 24.8 Å². The average molecular weight is 359 g/mol. The van der Waals surface area contributed by atoms with Crippen LogP contribution in [-0.2, 0) is 19.7 Å². The van der Waals surface area contributed by atoms with Crippen LogP contribution in [0.2, 0.25) is 0 Å². The van der Waals surface area contributed by atoms with Crippen LogP contribution in [0.1, 0.15) is 49.7 Å². The fourth-order valence-electron chi connectivity index (χ4n) is 4.27. The van der Waals surface area contributed by atoms with Crippen LogP contribution in [0.25, 0.3) is 0 Å². The Morgan fingerprint density at radius 2 is 1.88 bits per heavy atom. The number of carboxylic acids is 1. The van der Waals surface area contributed by atoms with E-state index in [1.54, 1.807) is 7.11 Å². The highest BCUT2D eigenvalue weighted by molar-refractivity contribution is 5.92. The molecule has 1 atom stereocenters. The smallest absolute Gasteiger partial charge is 0.311 e. The van der Waals surface area contributed by atoms with Crippen molar-refractivity contribution in [2.24, 2.45) is 5.41 Å². The lowest BCUT2D eigenvalue weighted by atomic mass is 9.75. The minimum Gasteiger partial charge on any atom is -0.481 e. The number of hydrogen-bond acceptors (Lipinski definition) is 3. The number of ether oxygens (including phenoxy) is 1. The fraction of sp³-hybridized carbons (Fsp3) is 0.619. The first kappa shape index (κ1) is 18.9. The van der Waals surface area contributed by atoms with Crippen molar-refractivity contribution in [1.82, 2.24) is 4.90 Å². The number of benzene rings is 1. The van der Waals surface area contributed by atoms with Crippen molar-refractivity contribution >= 4 is 11.9 Å². The number of aliphatic carboxylic acids is 1. The number of rotatable bonds is 7. The second-order valence-corrected chi connectivity index (χ2v) is 7.96. The highest BCUT2D eigenvalue weighted by Gasteiger charge is 2.55. The molecule has 26 heavy (non-hydrogen) atoms. The lowest BCUT2D eigenvalue weighted by molar-refractivity contribution is -0.156. The molecule has 3 rings (SSSR count). The molecule has 1 aromatic rings. The summed E-state index contributed by atoms with van der Waals surface area (Å²) in [5.74, 6) is -0.676. The first-order chi connectivity index (χ1) is 12.4. The standard InChI is InChI=1S/C21H29NO4/c1-16-5-7-17(8-6-16)21(11-12-21)18(23)22-13-3-9-20(15-22,19(24)25)10-4-14-26-2/h5-8H,3-4,9-15H2,1-2H3,(H,24,25)/t20-/m0/s1. The van der Waals surface area contributed by atoms with E-state index in [1.165, 1.54) is 5.56 Å². The molecule has 1 aliphatic carbocycles. The van der Waals surface area contributed by atoms with Crippen molar-refractivity contribution in [1.29, 1.82) is 0 Å². The predicted molar refractivity (Wildman–Crippen MR) is 99.1 cm³/mol.